The number of carbonyl (C=O) groups excluding carboxylic acids is 1. The molecule has 2 heterocycles. The number of carbonyl (C=O) groups is 1. The van der Waals surface area contributed by atoms with Gasteiger partial charge >= 0.3 is 0 Å². The molecule has 0 saturated carbocycles. The van der Waals surface area contributed by atoms with Gasteiger partial charge in [0.2, 0.25) is 0 Å². The van der Waals surface area contributed by atoms with Crippen LogP contribution in [-0.4, -0.2) is 54.2 Å². The number of nitrogens with one attached hydrogen (secondary N) is 1. The molecule has 1 aromatic heterocycles. The van der Waals surface area contributed by atoms with E-state index in [9.17, 15) is 4.79 Å². The highest BCUT2D eigenvalue weighted by atomic mass is 35.5. The van der Waals surface area contributed by atoms with Crippen LogP contribution in [0.3, 0.4) is 0 Å². The Morgan fingerprint density at radius 1 is 1.60 bits per heavy atom. The molecular weight excluding hydrogens is 276 g/mol. The van der Waals surface area contributed by atoms with Crippen molar-refractivity contribution in [1.82, 2.24) is 20.0 Å². The van der Waals surface area contributed by atoms with E-state index in [1.807, 2.05) is 14.1 Å². The molecule has 1 aliphatic rings. The van der Waals surface area contributed by atoms with Crippen LogP contribution in [-0.2, 0) is 6.54 Å². The lowest BCUT2D eigenvalue weighted by Gasteiger charge is -2.25. The fourth-order valence-electron chi connectivity index (χ4n) is 2.70. The second-order valence-corrected chi connectivity index (χ2v) is 6.16. The number of likely N-dealkylation sites (N-methyl/N-ethyl adjacent to an activating group) is 1. The second-order valence-electron chi connectivity index (χ2n) is 5.76. The van der Waals surface area contributed by atoms with Crippen LogP contribution in [0.5, 0.6) is 0 Å². The highest BCUT2D eigenvalue weighted by Crippen LogP contribution is 2.35. The summed E-state index contributed by atoms with van der Waals surface area (Å²) in [4.78, 5) is 15.0. The Hall–Kier alpha value is -0.910. The van der Waals surface area contributed by atoms with E-state index in [1.165, 1.54) is 0 Å². The van der Waals surface area contributed by atoms with Gasteiger partial charge in [-0.25, -0.2) is 0 Å². The lowest BCUT2D eigenvalue weighted by atomic mass is 9.78. The largest absolute Gasteiger partial charge is 0.316 e. The van der Waals surface area contributed by atoms with Gasteiger partial charge in [-0.2, -0.15) is 5.10 Å². The average molecular weight is 299 g/mol. The van der Waals surface area contributed by atoms with Gasteiger partial charge in [0, 0.05) is 18.5 Å². The van der Waals surface area contributed by atoms with Crippen molar-refractivity contribution in [2.75, 3.05) is 33.7 Å². The van der Waals surface area contributed by atoms with Gasteiger partial charge in [0.05, 0.1) is 17.8 Å². The molecule has 0 spiro atoms. The van der Waals surface area contributed by atoms with Gasteiger partial charge in [0.15, 0.2) is 5.78 Å². The molecule has 1 saturated heterocycles. The minimum atomic E-state index is -0.320. The Morgan fingerprint density at radius 2 is 2.35 bits per heavy atom. The Bertz CT molecular complexity index is 478. The van der Waals surface area contributed by atoms with Gasteiger partial charge in [0.1, 0.15) is 5.69 Å². The monoisotopic (exact) mass is 298 g/mol. The van der Waals surface area contributed by atoms with E-state index in [0.717, 1.165) is 32.5 Å². The number of nitrogens with zero attached hydrogens (tertiary/aromatic N) is 3. The molecule has 1 atom stereocenters. The first kappa shape index (κ1) is 15.5. The quantitative estimate of drug-likeness (QED) is 0.812. The first-order chi connectivity index (χ1) is 9.50. The van der Waals surface area contributed by atoms with Crippen LogP contribution in [0.1, 0.15) is 30.3 Å². The smallest absolute Gasteiger partial charge is 0.189 e. The number of aromatic nitrogens is 2. The molecule has 0 amide bonds. The summed E-state index contributed by atoms with van der Waals surface area (Å²) in [6.45, 7) is 5.20. The predicted molar refractivity (Wildman–Crippen MR) is 80.3 cm³/mol. The molecule has 0 aliphatic carbocycles. The van der Waals surface area contributed by atoms with Gasteiger partial charge < -0.3 is 10.2 Å². The summed E-state index contributed by atoms with van der Waals surface area (Å²) in [6.07, 6.45) is 3.28. The second kappa shape index (κ2) is 6.24. The summed E-state index contributed by atoms with van der Waals surface area (Å²) in [6, 6.07) is 0. The van der Waals surface area contributed by atoms with Crippen molar-refractivity contribution in [3.8, 4) is 0 Å². The van der Waals surface area contributed by atoms with Crippen molar-refractivity contribution >= 4 is 17.4 Å². The summed E-state index contributed by atoms with van der Waals surface area (Å²) in [5.41, 5.74) is 0.249. The van der Waals surface area contributed by atoms with E-state index in [-0.39, 0.29) is 11.2 Å². The SMILES string of the molecule is CCC1(C(=O)c2c(Cl)cnn2CCN(C)C)CCNC1. The maximum absolute atomic E-state index is 12.9. The summed E-state index contributed by atoms with van der Waals surface area (Å²) < 4.78 is 1.75. The Balaban J connectivity index is 2.27. The van der Waals surface area contributed by atoms with Crippen LogP contribution in [0.15, 0.2) is 6.20 Å². The molecule has 6 heteroatoms. The molecular formula is C14H23ClN4O. The number of rotatable bonds is 6. The molecule has 112 valence electrons. The molecule has 0 bridgehead atoms. The fourth-order valence-corrected chi connectivity index (χ4v) is 2.93. The van der Waals surface area contributed by atoms with Crippen molar-refractivity contribution < 1.29 is 4.79 Å². The minimum Gasteiger partial charge on any atom is -0.316 e. The number of hydrogen-bond acceptors (Lipinski definition) is 4. The first-order valence-electron chi connectivity index (χ1n) is 7.12. The molecule has 1 aliphatic heterocycles. The highest BCUT2D eigenvalue weighted by Gasteiger charge is 2.42. The number of hydrogen-bond donors (Lipinski definition) is 1. The zero-order valence-electron chi connectivity index (χ0n) is 12.4. The van der Waals surface area contributed by atoms with Crippen molar-refractivity contribution in [3.63, 3.8) is 0 Å². The maximum Gasteiger partial charge on any atom is 0.189 e. The molecule has 1 N–H and O–H groups in total. The van der Waals surface area contributed by atoms with E-state index in [0.29, 0.717) is 17.3 Å². The van der Waals surface area contributed by atoms with Gasteiger partial charge in [-0.05, 0) is 33.5 Å². The zero-order chi connectivity index (χ0) is 14.8. The third-order valence-corrected chi connectivity index (χ3v) is 4.45. The van der Waals surface area contributed by atoms with E-state index in [4.69, 9.17) is 11.6 Å². The van der Waals surface area contributed by atoms with Crippen LogP contribution in [0.4, 0.5) is 0 Å². The molecule has 1 fully saturated rings. The van der Waals surface area contributed by atoms with Crippen LogP contribution < -0.4 is 5.32 Å². The molecule has 2 rings (SSSR count). The summed E-state index contributed by atoms with van der Waals surface area (Å²) >= 11 is 6.21. The number of halogens is 1. The minimum absolute atomic E-state index is 0.131. The number of ketones is 1. The zero-order valence-corrected chi connectivity index (χ0v) is 13.2. The van der Waals surface area contributed by atoms with Gasteiger partial charge in [-0.15, -0.1) is 0 Å². The summed E-state index contributed by atoms with van der Waals surface area (Å²) in [7, 11) is 4.00. The Labute approximate surface area is 125 Å². The highest BCUT2D eigenvalue weighted by molar-refractivity contribution is 6.33. The topological polar surface area (TPSA) is 50.2 Å². The van der Waals surface area contributed by atoms with Gasteiger partial charge in [-0.3, -0.25) is 9.48 Å². The molecule has 1 unspecified atom stereocenters. The van der Waals surface area contributed by atoms with Crippen LogP contribution in [0, 0.1) is 5.41 Å². The number of Topliss-reactive ketones (excluding diaryl/α,β-unsaturated/α-hetero) is 1. The lowest BCUT2D eigenvalue weighted by Crippen LogP contribution is -2.35. The molecule has 1 aromatic rings. The average Bonchev–Trinajstić information content (AvgIpc) is 3.03. The van der Waals surface area contributed by atoms with Crippen LogP contribution >= 0.6 is 11.6 Å². The molecule has 0 aromatic carbocycles. The molecule has 5 nitrogen and oxygen atoms in total. The van der Waals surface area contributed by atoms with E-state index < -0.39 is 0 Å². The van der Waals surface area contributed by atoms with Crippen molar-refractivity contribution in [2.24, 2.45) is 5.41 Å². The summed E-state index contributed by atoms with van der Waals surface area (Å²) in [5.74, 6) is 0.131. The Morgan fingerprint density at radius 3 is 2.90 bits per heavy atom. The van der Waals surface area contributed by atoms with Crippen molar-refractivity contribution in [3.05, 3.63) is 16.9 Å². The standard InChI is InChI=1S/C14H23ClN4O/c1-4-14(5-6-16-10-14)13(20)12-11(15)9-17-19(12)8-7-18(2)3/h9,16H,4-8,10H2,1-3H3. The first-order valence-corrected chi connectivity index (χ1v) is 7.49. The maximum atomic E-state index is 12.9. The van der Waals surface area contributed by atoms with Crippen molar-refractivity contribution in [2.45, 2.75) is 26.3 Å². The predicted octanol–water partition coefficient (Wildman–Crippen LogP) is 1.67. The van der Waals surface area contributed by atoms with Crippen molar-refractivity contribution in [1.29, 1.82) is 0 Å². The fraction of sp³-hybridized carbons (Fsp3) is 0.714. The van der Waals surface area contributed by atoms with Gasteiger partial charge in [-0.1, -0.05) is 18.5 Å². The van der Waals surface area contributed by atoms with E-state index >= 15 is 0 Å². The third-order valence-electron chi connectivity index (χ3n) is 4.17. The summed E-state index contributed by atoms with van der Waals surface area (Å²) in [5, 5.41) is 8.02. The molecule has 20 heavy (non-hydrogen) atoms. The van der Waals surface area contributed by atoms with E-state index in [1.54, 1.807) is 10.9 Å². The molecule has 0 radical (unpaired) electrons. The normalized spacial score (nSPS) is 22.6. The van der Waals surface area contributed by atoms with Crippen LogP contribution in [0.2, 0.25) is 5.02 Å². The van der Waals surface area contributed by atoms with Gasteiger partial charge in [0.25, 0.3) is 0 Å². The third kappa shape index (κ3) is 2.90. The lowest BCUT2D eigenvalue weighted by molar-refractivity contribution is 0.0798. The van der Waals surface area contributed by atoms with Crippen LogP contribution in [0.25, 0.3) is 0 Å². The Kier molecular flexibility index (Phi) is 4.83. The van der Waals surface area contributed by atoms with E-state index in [2.05, 4.69) is 22.2 Å².